The minimum absolute atomic E-state index is 0.190. The highest BCUT2D eigenvalue weighted by atomic mass is 35.5. The Bertz CT molecular complexity index is 808. The van der Waals surface area contributed by atoms with E-state index in [9.17, 15) is 9.59 Å². The van der Waals surface area contributed by atoms with E-state index in [1.807, 2.05) is 0 Å². The topological polar surface area (TPSA) is 59.5 Å². The Hall–Kier alpha value is -1.63. The van der Waals surface area contributed by atoms with Gasteiger partial charge in [-0.3, -0.25) is 4.79 Å². The maximum Gasteiger partial charge on any atom is 0.357 e. The number of carbonyl (C=O) groups excluding carboxylic acids is 2. The number of halogens is 2. The van der Waals surface area contributed by atoms with E-state index in [0.29, 0.717) is 46.2 Å². The Balaban J connectivity index is 2.21. The third-order valence-electron chi connectivity index (χ3n) is 3.79. The summed E-state index contributed by atoms with van der Waals surface area (Å²) >= 11 is 13.5. The number of benzene rings is 1. The molecule has 0 aliphatic heterocycles. The Morgan fingerprint density at radius 2 is 2.04 bits per heavy atom. The van der Waals surface area contributed by atoms with Crippen LogP contribution in [0, 0.1) is 5.92 Å². The van der Waals surface area contributed by atoms with Gasteiger partial charge in [-0.25, -0.2) is 9.78 Å². The van der Waals surface area contributed by atoms with Gasteiger partial charge >= 0.3 is 5.97 Å². The Morgan fingerprint density at radius 1 is 1.30 bits per heavy atom. The normalized spacial score (nSPS) is 10.9. The summed E-state index contributed by atoms with van der Waals surface area (Å²) in [4.78, 5) is 30.8. The summed E-state index contributed by atoms with van der Waals surface area (Å²) in [5.41, 5.74) is 0.657. The smallest absolute Gasteiger partial charge is 0.357 e. The van der Waals surface area contributed by atoms with Gasteiger partial charge in [0.1, 0.15) is 5.01 Å². The van der Waals surface area contributed by atoms with Crippen molar-refractivity contribution in [3.05, 3.63) is 49.9 Å². The molecule has 0 N–H and O–H groups in total. The van der Waals surface area contributed by atoms with Crippen LogP contribution >= 0.6 is 34.5 Å². The van der Waals surface area contributed by atoms with Crippen molar-refractivity contribution in [2.45, 2.75) is 33.7 Å². The van der Waals surface area contributed by atoms with Crippen LogP contribution in [0.4, 0.5) is 0 Å². The van der Waals surface area contributed by atoms with Crippen molar-refractivity contribution in [3.8, 4) is 0 Å². The maximum atomic E-state index is 13.0. The first-order chi connectivity index (χ1) is 12.8. The average molecular weight is 429 g/mol. The molecule has 0 spiro atoms. The van der Waals surface area contributed by atoms with Crippen molar-refractivity contribution < 1.29 is 14.3 Å². The number of hydrogen-bond donors (Lipinski definition) is 0. The summed E-state index contributed by atoms with van der Waals surface area (Å²) in [5.74, 6) is -0.210. The molecule has 0 saturated carbocycles. The zero-order chi connectivity index (χ0) is 20.0. The lowest BCUT2D eigenvalue weighted by Crippen LogP contribution is -2.32. The van der Waals surface area contributed by atoms with Crippen molar-refractivity contribution in [2.24, 2.45) is 5.92 Å². The van der Waals surface area contributed by atoms with Crippen LogP contribution in [0.15, 0.2) is 23.6 Å². The number of aromatic nitrogens is 1. The molecule has 1 amide bonds. The standard InChI is InChI=1S/C19H22Cl2N2O3S/c1-4-26-19(25)16-11-27-17(22-16)10-23(8-7-12(2)3)18(24)14-6-5-13(20)9-15(14)21/h5-6,9,11-12H,4,7-8,10H2,1-3H3. The van der Waals surface area contributed by atoms with Crippen LogP contribution in [0.1, 0.15) is 53.0 Å². The minimum atomic E-state index is -0.458. The third-order valence-corrected chi connectivity index (χ3v) is 5.17. The fourth-order valence-electron chi connectivity index (χ4n) is 2.35. The first-order valence-electron chi connectivity index (χ1n) is 8.67. The van der Waals surface area contributed by atoms with E-state index >= 15 is 0 Å². The van der Waals surface area contributed by atoms with Crippen LogP contribution in [0.25, 0.3) is 0 Å². The molecule has 1 heterocycles. The molecule has 0 aliphatic rings. The Labute approximate surface area is 173 Å². The van der Waals surface area contributed by atoms with Crippen molar-refractivity contribution in [1.82, 2.24) is 9.88 Å². The lowest BCUT2D eigenvalue weighted by atomic mass is 10.1. The van der Waals surface area contributed by atoms with Gasteiger partial charge in [-0.2, -0.15) is 0 Å². The molecule has 1 aromatic heterocycles. The molecule has 0 bridgehead atoms. The Kier molecular flexibility index (Phi) is 8.07. The predicted octanol–water partition coefficient (Wildman–Crippen LogP) is 5.32. The molecular weight excluding hydrogens is 407 g/mol. The van der Waals surface area contributed by atoms with E-state index in [1.165, 1.54) is 11.3 Å². The van der Waals surface area contributed by atoms with Gasteiger partial charge in [0, 0.05) is 16.9 Å². The summed E-state index contributed by atoms with van der Waals surface area (Å²) in [6.45, 7) is 7.09. The average Bonchev–Trinajstić information content (AvgIpc) is 3.07. The molecule has 8 heteroatoms. The van der Waals surface area contributed by atoms with Gasteiger partial charge in [0.2, 0.25) is 0 Å². The molecule has 0 aliphatic carbocycles. The lowest BCUT2D eigenvalue weighted by molar-refractivity contribution is 0.0520. The molecule has 2 aromatic rings. The molecule has 0 radical (unpaired) electrons. The highest BCUT2D eigenvalue weighted by Crippen LogP contribution is 2.24. The highest BCUT2D eigenvalue weighted by molar-refractivity contribution is 7.09. The van der Waals surface area contributed by atoms with Gasteiger partial charge in [-0.1, -0.05) is 37.0 Å². The first kappa shape index (κ1) is 21.7. The van der Waals surface area contributed by atoms with Gasteiger partial charge in [-0.05, 0) is 37.5 Å². The van der Waals surface area contributed by atoms with Crippen molar-refractivity contribution in [3.63, 3.8) is 0 Å². The molecule has 0 saturated heterocycles. The summed E-state index contributed by atoms with van der Waals surface area (Å²) in [5, 5.41) is 3.10. The summed E-state index contributed by atoms with van der Waals surface area (Å²) < 4.78 is 4.96. The lowest BCUT2D eigenvalue weighted by Gasteiger charge is -2.23. The number of esters is 1. The largest absolute Gasteiger partial charge is 0.461 e. The zero-order valence-electron chi connectivity index (χ0n) is 15.5. The molecule has 0 unspecified atom stereocenters. The zero-order valence-corrected chi connectivity index (χ0v) is 17.8. The molecule has 1 aromatic carbocycles. The van der Waals surface area contributed by atoms with Crippen LogP contribution in [0.5, 0.6) is 0 Å². The van der Waals surface area contributed by atoms with Crippen LogP contribution in [-0.2, 0) is 11.3 Å². The monoisotopic (exact) mass is 428 g/mol. The van der Waals surface area contributed by atoms with Crippen molar-refractivity contribution in [1.29, 1.82) is 0 Å². The number of rotatable bonds is 8. The fraction of sp³-hybridized carbons (Fsp3) is 0.421. The number of carbonyl (C=O) groups is 2. The first-order valence-corrected chi connectivity index (χ1v) is 10.3. The van der Waals surface area contributed by atoms with Gasteiger partial charge in [0.05, 0.1) is 23.7 Å². The second kappa shape index (κ2) is 10.1. The van der Waals surface area contributed by atoms with Gasteiger partial charge < -0.3 is 9.64 Å². The predicted molar refractivity (Wildman–Crippen MR) is 109 cm³/mol. The maximum absolute atomic E-state index is 13.0. The summed E-state index contributed by atoms with van der Waals surface area (Å²) in [6, 6.07) is 4.82. The molecule has 146 valence electrons. The quantitative estimate of drug-likeness (QED) is 0.534. The van der Waals surface area contributed by atoms with E-state index < -0.39 is 5.97 Å². The Morgan fingerprint density at radius 3 is 2.67 bits per heavy atom. The number of amides is 1. The molecule has 0 fully saturated rings. The molecular formula is C19H22Cl2N2O3S. The van der Waals surface area contributed by atoms with Crippen molar-refractivity contribution >= 4 is 46.4 Å². The highest BCUT2D eigenvalue weighted by Gasteiger charge is 2.21. The minimum Gasteiger partial charge on any atom is -0.461 e. The fourth-order valence-corrected chi connectivity index (χ4v) is 3.61. The van der Waals surface area contributed by atoms with E-state index in [4.69, 9.17) is 27.9 Å². The van der Waals surface area contributed by atoms with E-state index in [0.717, 1.165) is 6.42 Å². The molecule has 0 atom stereocenters. The van der Waals surface area contributed by atoms with Crippen LogP contribution < -0.4 is 0 Å². The van der Waals surface area contributed by atoms with E-state index in [-0.39, 0.29) is 11.6 Å². The van der Waals surface area contributed by atoms with Crippen molar-refractivity contribution in [2.75, 3.05) is 13.2 Å². The van der Waals surface area contributed by atoms with Crippen LogP contribution in [0.2, 0.25) is 10.0 Å². The van der Waals surface area contributed by atoms with Crippen LogP contribution in [-0.4, -0.2) is 34.9 Å². The second-order valence-electron chi connectivity index (χ2n) is 6.38. The molecule has 27 heavy (non-hydrogen) atoms. The summed E-state index contributed by atoms with van der Waals surface area (Å²) in [7, 11) is 0. The SMILES string of the molecule is CCOC(=O)c1csc(CN(CCC(C)C)C(=O)c2ccc(Cl)cc2Cl)n1. The summed E-state index contributed by atoms with van der Waals surface area (Å²) in [6.07, 6.45) is 0.840. The number of ether oxygens (including phenoxy) is 1. The van der Waals surface area contributed by atoms with Gasteiger partial charge in [0.25, 0.3) is 5.91 Å². The van der Waals surface area contributed by atoms with Crippen LogP contribution in [0.3, 0.4) is 0 Å². The third kappa shape index (κ3) is 6.19. The molecule has 2 rings (SSSR count). The molecule has 5 nitrogen and oxygen atoms in total. The number of hydrogen-bond acceptors (Lipinski definition) is 5. The van der Waals surface area contributed by atoms with E-state index in [1.54, 1.807) is 35.4 Å². The van der Waals surface area contributed by atoms with E-state index in [2.05, 4.69) is 18.8 Å². The number of nitrogens with zero attached hydrogens (tertiary/aromatic N) is 2. The van der Waals surface area contributed by atoms with Gasteiger partial charge in [0.15, 0.2) is 5.69 Å². The van der Waals surface area contributed by atoms with Gasteiger partial charge in [-0.15, -0.1) is 11.3 Å². The number of thiazole rings is 1. The second-order valence-corrected chi connectivity index (χ2v) is 8.17.